The smallest absolute Gasteiger partial charge is 0.105 e. The van der Waals surface area contributed by atoms with Crippen molar-refractivity contribution in [3.05, 3.63) is 46.2 Å². The predicted molar refractivity (Wildman–Crippen MR) is 67.8 cm³/mol. The largest absolute Gasteiger partial charge is 0.386 e. The van der Waals surface area contributed by atoms with Gasteiger partial charge in [0.25, 0.3) is 0 Å². The maximum atomic E-state index is 10.3. The summed E-state index contributed by atoms with van der Waals surface area (Å²) in [6, 6.07) is 3.75. The molecule has 0 saturated carbocycles. The summed E-state index contributed by atoms with van der Waals surface area (Å²) >= 11 is 1.53. The Morgan fingerprint density at radius 2 is 2.12 bits per heavy atom. The highest BCUT2D eigenvalue weighted by molar-refractivity contribution is 7.09. The first-order valence-corrected chi connectivity index (χ1v) is 6.30. The molecule has 0 radical (unpaired) electrons. The number of hydrogen-bond acceptors (Lipinski definition) is 5. The van der Waals surface area contributed by atoms with Gasteiger partial charge in [-0.3, -0.25) is 4.98 Å². The fraction of sp³-hybridized carbons (Fsp3) is 0.333. The van der Waals surface area contributed by atoms with Crippen LogP contribution < -0.4 is 5.73 Å². The Balaban J connectivity index is 2.25. The summed E-state index contributed by atoms with van der Waals surface area (Å²) in [4.78, 5) is 8.26. The van der Waals surface area contributed by atoms with Crippen LogP contribution in [0.5, 0.6) is 0 Å². The number of pyridine rings is 1. The normalized spacial score (nSPS) is 14.5. The summed E-state index contributed by atoms with van der Waals surface area (Å²) in [6.07, 6.45) is 2.75. The van der Waals surface area contributed by atoms with E-state index < -0.39 is 6.10 Å². The van der Waals surface area contributed by atoms with E-state index in [4.69, 9.17) is 5.73 Å². The molecule has 0 aliphatic rings. The molecule has 0 saturated heterocycles. The number of hydrogen-bond donors (Lipinski definition) is 2. The van der Waals surface area contributed by atoms with Gasteiger partial charge in [0.1, 0.15) is 6.10 Å². The minimum absolute atomic E-state index is 0.139. The van der Waals surface area contributed by atoms with Gasteiger partial charge < -0.3 is 10.8 Å². The van der Waals surface area contributed by atoms with Gasteiger partial charge in [-0.1, -0.05) is 0 Å². The lowest BCUT2D eigenvalue weighted by Gasteiger charge is -2.20. The third kappa shape index (κ3) is 2.69. The zero-order chi connectivity index (χ0) is 12.3. The van der Waals surface area contributed by atoms with Crippen LogP contribution in [0.25, 0.3) is 0 Å². The first kappa shape index (κ1) is 12.2. The average molecular weight is 249 g/mol. The second-order valence-electron chi connectivity index (χ2n) is 3.86. The van der Waals surface area contributed by atoms with Crippen molar-refractivity contribution in [2.75, 3.05) is 6.54 Å². The molecule has 2 aromatic rings. The molecule has 0 aliphatic carbocycles. The Morgan fingerprint density at radius 3 is 2.65 bits per heavy atom. The summed E-state index contributed by atoms with van der Waals surface area (Å²) in [7, 11) is 0. The second-order valence-corrected chi connectivity index (χ2v) is 4.92. The number of thiazole rings is 1. The monoisotopic (exact) mass is 249 g/mol. The zero-order valence-electron chi connectivity index (χ0n) is 9.58. The third-order valence-electron chi connectivity index (χ3n) is 2.71. The molecule has 2 unspecified atom stereocenters. The molecule has 2 aromatic heterocycles. The molecule has 2 heterocycles. The molecule has 2 atom stereocenters. The van der Waals surface area contributed by atoms with E-state index in [1.54, 1.807) is 12.4 Å². The SMILES string of the molecule is Cc1nc(C(O)C(CN)c2ccncc2)cs1. The fourth-order valence-corrected chi connectivity index (χ4v) is 2.42. The van der Waals surface area contributed by atoms with Gasteiger partial charge in [-0.2, -0.15) is 0 Å². The summed E-state index contributed by atoms with van der Waals surface area (Å²) in [5.74, 6) is -0.139. The summed E-state index contributed by atoms with van der Waals surface area (Å²) in [5.41, 5.74) is 7.43. The van der Waals surface area contributed by atoms with Gasteiger partial charge in [0.2, 0.25) is 0 Å². The van der Waals surface area contributed by atoms with E-state index >= 15 is 0 Å². The average Bonchev–Trinajstić information content (AvgIpc) is 2.78. The number of nitrogens with two attached hydrogens (primary N) is 1. The molecule has 17 heavy (non-hydrogen) atoms. The van der Waals surface area contributed by atoms with E-state index in [0.717, 1.165) is 10.6 Å². The second kappa shape index (κ2) is 5.35. The first-order valence-electron chi connectivity index (χ1n) is 5.42. The maximum Gasteiger partial charge on any atom is 0.105 e. The summed E-state index contributed by atoms with van der Waals surface area (Å²) in [5, 5.41) is 13.1. The van der Waals surface area contributed by atoms with Crippen molar-refractivity contribution < 1.29 is 5.11 Å². The van der Waals surface area contributed by atoms with Crippen LogP contribution >= 0.6 is 11.3 Å². The van der Waals surface area contributed by atoms with Crippen LogP contribution in [0.2, 0.25) is 0 Å². The molecule has 5 heteroatoms. The van der Waals surface area contributed by atoms with Crippen LogP contribution in [0.1, 0.15) is 28.3 Å². The Hall–Kier alpha value is -1.30. The van der Waals surface area contributed by atoms with Crippen LogP contribution in [0.15, 0.2) is 29.9 Å². The van der Waals surface area contributed by atoms with Gasteiger partial charge in [0.15, 0.2) is 0 Å². The van der Waals surface area contributed by atoms with E-state index in [1.165, 1.54) is 11.3 Å². The Labute approximate surface area is 104 Å². The zero-order valence-corrected chi connectivity index (χ0v) is 10.4. The summed E-state index contributed by atoms with van der Waals surface area (Å²) in [6.45, 7) is 2.30. The lowest BCUT2D eigenvalue weighted by molar-refractivity contribution is 0.143. The lowest BCUT2D eigenvalue weighted by atomic mass is 9.93. The number of aliphatic hydroxyl groups excluding tert-OH is 1. The standard InChI is InChI=1S/C12H15N3OS/c1-8-15-11(7-17-8)12(16)10(6-13)9-2-4-14-5-3-9/h2-5,7,10,12,16H,6,13H2,1H3. The predicted octanol–water partition coefficient (Wildman–Crippen LogP) is 1.62. The van der Waals surface area contributed by atoms with E-state index in [1.807, 2.05) is 24.4 Å². The maximum absolute atomic E-state index is 10.3. The first-order chi connectivity index (χ1) is 8.22. The number of aromatic nitrogens is 2. The van der Waals surface area contributed by atoms with Gasteiger partial charge in [0.05, 0.1) is 10.7 Å². The molecule has 0 bridgehead atoms. The highest BCUT2D eigenvalue weighted by Gasteiger charge is 2.23. The van der Waals surface area contributed by atoms with Crippen LogP contribution in [0.3, 0.4) is 0 Å². The lowest BCUT2D eigenvalue weighted by Crippen LogP contribution is -2.20. The van der Waals surface area contributed by atoms with Crippen molar-refractivity contribution in [1.82, 2.24) is 9.97 Å². The van der Waals surface area contributed by atoms with Crippen LogP contribution in [-0.2, 0) is 0 Å². The Morgan fingerprint density at radius 1 is 1.41 bits per heavy atom. The third-order valence-corrected chi connectivity index (χ3v) is 3.50. The number of nitrogens with zero attached hydrogens (tertiary/aromatic N) is 2. The highest BCUT2D eigenvalue weighted by atomic mass is 32.1. The molecule has 2 rings (SSSR count). The number of aliphatic hydroxyl groups is 1. The molecule has 90 valence electrons. The minimum atomic E-state index is -0.660. The van der Waals surface area contributed by atoms with E-state index in [-0.39, 0.29) is 5.92 Å². The van der Waals surface area contributed by atoms with Crippen molar-refractivity contribution in [2.45, 2.75) is 18.9 Å². The van der Waals surface area contributed by atoms with Crippen molar-refractivity contribution in [3.63, 3.8) is 0 Å². The van der Waals surface area contributed by atoms with Gasteiger partial charge in [-0.05, 0) is 24.6 Å². The molecule has 0 spiro atoms. The van der Waals surface area contributed by atoms with Crippen LogP contribution in [0, 0.1) is 6.92 Å². The van der Waals surface area contributed by atoms with Gasteiger partial charge in [0, 0.05) is 30.2 Å². The molecule has 0 aliphatic heterocycles. The molecule has 4 nitrogen and oxygen atoms in total. The van der Waals surface area contributed by atoms with Crippen LogP contribution in [-0.4, -0.2) is 21.6 Å². The molecular formula is C12H15N3OS. The Bertz CT molecular complexity index is 472. The molecule has 0 amide bonds. The van der Waals surface area contributed by atoms with Crippen molar-refractivity contribution in [1.29, 1.82) is 0 Å². The number of rotatable bonds is 4. The minimum Gasteiger partial charge on any atom is -0.386 e. The van der Waals surface area contributed by atoms with E-state index in [0.29, 0.717) is 12.2 Å². The topological polar surface area (TPSA) is 72.0 Å². The molecule has 0 fully saturated rings. The van der Waals surface area contributed by atoms with Crippen molar-refractivity contribution in [2.24, 2.45) is 5.73 Å². The quantitative estimate of drug-likeness (QED) is 0.863. The van der Waals surface area contributed by atoms with Gasteiger partial charge in [-0.15, -0.1) is 11.3 Å². The van der Waals surface area contributed by atoms with Crippen molar-refractivity contribution >= 4 is 11.3 Å². The molecular weight excluding hydrogens is 234 g/mol. The van der Waals surface area contributed by atoms with Gasteiger partial charge in [-0.25, -0.2) is 4.98 Å². The molecule has 3 N–H and O–H groups in total. The van der Waals surface area contributed by atoms with Crippen molar-refractivity contribution in [3.8, 4) is 0 Å². The Kier molecular flexibility index (Phi) is 3.83. The number of aryl methyl sites for hydroxylation is 1. The highest BCUT2D eigenvalue weighted by Crippen LogP contribution is 2.30. The van der Waals surface area contributed by atoms with E-state index in [2.05, 4.69) is 9.97 Å². The summed E-state index contributed by atoms with van der Waals surface area (Å²) < 4.78 is 0. The van der Waals surface area contributed by atoms with Crippen LogP contribution in [0.4, 0.5) is 0 Å². The molecule has 0 aromatic carbocycles. The van der Waals surface area contributed by atoms with Gasteiger partial charge >= 0.3 is 0 Å². The van der Waals surface area contributed by atoms with E-state index in [9.17, 15) is 5.11 Å². The fourth-order valence-electron chi connectivity index (χ4n) is 1.78.